The van der Waals surface area contributed by atoms with E-state index in [0.29, 0.717) is 5.92 Å². The Bertz CT molecular complexity index is 527. The number of hydrogen-bond acceptors (Lipinski definition) is 2. The minimum absolute atomic E-state index is 0.679. The van der Waals surface area contributed by atoms with Gasteiger partial charge in [0.05, 0.1) is 17.4 Å². The first-order valence-electron chi connectivity index (χ1n) is 5.40. The molecule has 0 spiro atoms. The molecular formula is C13H14N2. The summed E-state index contributed by atoms with van der Waals surface area (Å²) in [4.78, 5) is 4.39. The van der Waals surface area contributed by atoms with Gasteiger partial charge in [0.2, 0.25) is 0 Å². The maximum Gasteiger partial charge on any atom is 0.0709 e. The molecule has 0 bridgehead atoms. The SMILES string of the molecule is Cc1ccc2c(C3CC3)c(N)cnc2c1. The zero-order valence-corrected chi connectivity index (χ0v) is 8.83. The van der Waals surface area contributed by atoms with Gasteiger partial charge in [0, 0.05) is 5.39 Å². The van der Waals surface area contributed by atoms with Gasteiger partial charge in [0.1, 0.15) is 0 Å². The summed E-state index contributed by atoms with van der Waals surface area (Å²) in [6.45, 7) is 2.09. The van der Waals surface area contributed by atoms with Gasteiger partial charge in [0.15, 0.2) is 0 Å². The molecule has 3 rings (SSSR count). The maximum atomic E-state index is 6.00. The molecular weight excluding hydrogens is 184 g/mol. The van der Waals surface area contributed by atoms with E-state index in [1.807, 2.05) is 0 Å². The number of aromatic nitrogens is 1. The number of rotatable bonds is 1. The molecule has 0 unspecified atom stereocenters. The number of pyridine rings is 1. The van der Waals surface area contributed by atoms with Crippen LogP contribution in [0.1, 0.15) is 29.9 Å². The Morgan fingerprint density at radius 2 is 2.13 bits per heavy atom. The highest BCUT2D eigenvalue weighted by Crippen LogP contribution is 2.45. The summed E-state index contributed by atoms with van der Waals surface area (Å²) < 4.78 is 0. The van der Waals surface area contributed by atoms with Crippen LogP contribution in [-0.4, -0.2) is 4.98 Å². The average Bonchev–Trinajstić information content (AvgIpc) is 3.02. The van der Waals surface area contributed by atoms with E-state index in [2.05, 4.69) is 30.1 Å². The molecule has 0 amide bonds. The highest BCUT2D eigenvalue weighted by atomic mass is 14.7. The van der Waals surface area contributed by atoms with Crippen molar-refractivity contribution in [2.45, 2.75) is 25.7 Å². The molecule has 0 aliphatic heterocycles. The summed E-state index contributed by atoms with van der Waals surface area (Å²) in [5.41, 5.74) is 10.5. The number of aryl methyl sites for hydroxylation is 1. The summed E-state index contributed by atoms with van der Waals surface area (Å²) >= 11 is 0. The van der Waals surface area contributed by atoms with Crippen LogP contribution in [0.15, 0.2) is 24.4 Å². The Morgan fingerprint density at radius 3 is 2.87 bits per heavy atom. The zero-order chi connectivity index (χ0) is 10.4. The normalized spacial score (nSPS) is 15.8. The van der Waals surface area contributed by atoms with E-state index in [9.17, 15) is 0 Å². The molecule has 15 heavy (non-hydrogen) atoms. The molecule has 0 atom stereocenters. The molecule has 2 aromatic rings. The van der Waals surface area contributed by atoms with Gasteiger partial charge in [0.25, 0.3) is 0 Å². The molecule has 1 aliphatic carbocycles. The molecule has 1 saturated carbocycles. The Hall–Kier alpha value is -1.57. The van der Waals surface area contributed by atoms with Crippen LogP contribution in [0.4, 0.5) is 5.69 Å². The third-order valence-electron chi connectivity index (χ3n) is 3.08. The number of fused-ring (bicyclic) bond motifs is 1. The first-order chi connectivity index (χ1) is 7.25. The highest BCUT2D eigenvalue weighted by molar-refractivity contribution is 5.87. The topological polar surface area (TPSA) is 38.9 Å². The summed E-state index contributed by atoms with van der Waals surface area (Å²) in [6.07, 6.45) is 4.35. The fraction of sp³-hybridized carbons (Fsp3) is 0.308. The van der Waals surface area contributed by atoms with Gasteiger partial charge in [-0.05, 0) is 42.9 Å². The fourth-order valence-electron chi connectivity index (χ4n) is 2.17. The number of nitrogens with two attached hydrogens (primary N) is 1. The van der Waals surface area contributed by atoms with Crippen LogP contribution in [0.25, 0.3) is 10.9 Å². The van der Waals surface area contributed by atoms with E-state index >= 15 is 0 Å². The minimum Gasteiger partial charge on any atom is -0.397 e. The highest BCUT2D eigenvalue weighted by Gasteiger charge is 2.27. The molecule has 2 N–H and O–H groups in total. The lowest BCUT2D eigenvalue weighted by Gasteiger charge is -2.08. The fourth-order valence-corrected chi connectivity index (χ4v) is 2.17. The summed E-state index contributed by atoms with van der Waals surface area (Å²) in [6, 6.07) is 6.41. The van der Waals surface area contributed by atoms with E-state index in [4.69, 9.17) is 5.73 Å². The van der Waals surface area contributed by atoms with Gasteiger partial charge in [-0.3, -0.25) is 4.98 Å². The summed E-state index contributed by atoms with van der Waals surface area (Å²) in [7, 11) is 0. The molecule has 2 heteroatoms. The zero-order valence-electron chi connectivity index (χ0n) is 8.83. The smallest absolute Gasteiger partial charge is 0.0709 e. The van der Waals surface area contributed by atoms with Crippen LogP contribution < -0.4 is 5.73 Å². The molecule has 1 aromatic carbocycles. The lowest BCUT2D eigenvalue weighted by Crippen LogP contribution is -1.96. The quantitative estimate of drug-likeness (QED) is 0.765. The molecule has 1 aliphatic rings. The van der Waals surface area contributed by atoms with Crippen molar-refractivity contribution >= 4 is 16.6 Å². The van der Waals surface area contributed by atoms with Crippen LogP contribution in [0.2, 0.25) is 0 Å². The molecule has 76 valence electrons. The standard InChI is InChI=1S/C13H14N2/c1-8-2-5-10-12(6-8)15-7-11(14)13(10)9-3-4-9/h2,5-7,9H,3-4,14H2,1H3. The second-order valence-electron chi connectivity index (χ2n) is 4.42. The van der Waals surface area contributed by atoms with E-state index in [-0.39, 0.29) is 0 Å². The Kier molecular flexibility index (Phi) is 1.72. The van der Waals surface area contributed by atoms with E-state index in [1.165, 1.54) is 29.4 Å². The minimum atomic E-state index is 0.679. The van der Waals surface area contributed by atoms with Crippen molar-refractivity contribution in [1.82, 2.24) is 4.98 Å². The number of nitrogen functional groups attached to an aromatic ring is 1. The molecule has 1 aromatic heterocycles. The molecule has 0 saturated heterocycles. The second kappa shape index (κ2) is 2.96. The largest absolute Gasteiger partial charge is 0.397 e. The monoisotopic (exact) mass is 198 g/mol. The van der Waals surface area contributed by atoms with Crippen molar-refractivity contribution in [3.05, 3.63) is 35.5 Å². The molecule has 1 fully saturated rings. The average molecular weight is 198 g/mol. The predicted molar refractivity (Wildman–Crippen MR) is 62.9 cm³/mol. The van der Waals surface area contributed by atoms with E-state index < -0.39 is 0 Å². The summed E-state index contributed by atoms with van der Waals surface area (Å²) in [5, 5.41) is 1.24. The predicted octanol–water partition coefficient (Wildman–Crippen LogP) is 3.00. The number of benzene rings is 1. The summed E-state index contributed by atoms with van der Waals surface area (Å²) in [5.74, 6) is 0.679. The Labute approximate surface area is 89.1 Å². The Balaban J connectivity index is 2.34. The van der Waals surface area contributed by atoms with Crippen LogP contribution in [-0.2, 0) is 0 Å². The first kappa shape index (κ1) is 8.72. The van der Waals surface area contributed by atoms with Crippen molar-refractivity contribution < 1.29 is 0 Å². The second-order valence-corrected chi connectivity index (χ2v) is 4.42. The first-order valence-corrected chi connectivity index (χ1v) is 5.40. The molecule has 1 heterocycles. The lowest BCUT2D eigenvalue weighted by atomic mass is 10.0. The van der Waals surface area contributed by atoms with Crippen LogP contribution in [0, 0.1) is 6.92 Å². The van der Waals surface area contributed by atoms with Crippen LogP contribution >= 0.6 is 0 Å². The van der Waals surface area contributed by atoms with Crippen molar-refractivity contribution in [2.24, 2.45) is 0 Å². The van der Waals surface area contributed by atoms with Crippen molar-refractivity contribution in [1.29, 1.82) is 0 Å². The number of anilines is 1. The van der Waals surface area contributed by atoms with Gasteiger partial charge in [-0.1, -0.05) is 12.1 Å². The van der Waals surface area contributed by atoms with Gasteiger partial charge in [-0.15, -0.1) is 0 Å². The van der Waals surface area contributed by atoms with Crippen LogP contribution in [0.5, 0.6) is 0 Å². The van der Waals surface area contributed by atoms with Crippen molar-refractivity contribution in [2.75, 3.05) is 5.73 Å². The van der Waals surface area contributed by atoms with Crippen molar-refractivity contribution in [3.63, 3.8) is 0 Å². The molecule has 2 nitrogen and oxygen atoms in total. The maximum absolute atomic E-state index is 6.00. The number of hydrogen-bond donors (Lipinski definition) is 1. The van der Waals surface area contributed by atoms with Gasteiger partial charge >= 0.3 is 0 Å². The van der Waals surface area contributed by atoms with E-state index in [1.54, 1.807) is 6.20 Å². The third-order valence-corrected chi connectivity index (χ3v) is 3.08. The third kappa shape index (κ3) is 1.37. The van der Waals surface area contributed by atoms with Gasteiger partial charge in [-0.2, -0.15) is 0 Å². The molecule has 0 radical (unpaired) electrons. The van der Waals surface area contributed by atoms with Gasteiger partial charge < -0.3 is 5.73 Å². The number of nitrogens with zero attached hydrogens (tertiary/aromatic N) is 1. The van der Waals surface area contributed by atoms with Crippen LogP contribution in [0.3, 0.4) is 0 Å². The Morgan fingerprint density at radius 1 is 1.33 bits per heavy atom. The van der Waals surface area contributed by atoms with E-state index in [0.717, 1.165) is 11.2 Å². The van der Waals surface area contributed by atoms with Crippen molar-refractivity contribution in [3.8, 4) is 0 Å². The lowest BCUT2D eigenvalue weighted by molar-refractivity contribution is 1.14. The van der Waals surface area contributed by atoms with Gasteiger partial charge in [-0.25, -0.2) is 0 Å².